The average Bonchev–Trinajstić information content (AvgIpc) is 3.21. The molecule has 2 fully saturated rings. The normalized spacial score (nSPS) is 20.5. The average molecular weight is 397 g/mol. The number of nitrogens with one attached hydrogen (secondary N) is 1. The van der Waals surface area contributed by atoms with Gasteiger partial charge in [0.25, 0.3) is 5.91 Å². The van der Waals surface area contributed by atoms with Gasteiger partial charge in [-0.1, -0.05) is 0 Å². The van der Waals surface area contributed by atoms with Crippen LogP contribution >= 0.6 is 0 Å². The number of carbonyl (C=O) groups excluding carboxylic acids is 2. The van der Waals surface area contributed by atoms with E-state index in [4.69, 9.17) is 0 Å². The lowest BCUT2D eigenvalue weighted by molar-refractivity contribution is -0.136. The third-order valence-corrected chi connectivity index (χ3v) is 5.71. The van der Waals surface area contributed by atoms with E-state index >= 15 is 0 Å². The third-order valence-electron chi connectivity index (χ3n) is 5.71. The van der Waals surface area contributed by atoms with Crippen molar-refractivity contribution in [2.24, 2.45) is 13.0 Å². The molecule has 1 N–H and O–H groups in total. The molecule has 0 spiro atoms. The zero-order valence-corrected chi connectivity index (χ0v) is 16.7. The molecule has 9 heteroatoms. The van der Waals surface area contributed by atoms with E-state index in [0.29, 0.717) is 31.1 Å². The highest BCUT2D eigenvalue weighted by molar-refractivity contribution is 5.93. The van der Waals surface area contributed by atoms with Gasteiger partial charge in [0.05, 0.1) is 17.7 Å². The zero-order valence-electron chi connectivity index (χ0n) is 16.7. The first-order chi connectivity index (χ1) is 14.1. The van der Waals surface area contributed by atoms with Crippen LogP contribution < -0.4 is 10.2 Å². The van der Waals surface area contributed by atoms with Crippen LogP contribution in [-0.2, 0) is 11.8 Å². The fourth-order valence-corrected chi connectivity index (χ4v) is 4.12. The number of aromatic nitrogens is 4. The molecule has 2 aliphatic rings. The Hall–Kier alpha value is -2.97. The molecule has 154 valence electrons. The molecule has 2 aromatic rings. The van der Waals surface area contributed by atoms with Crippen molar-refractivity contribution >= 4 is 17.8 Å². The fraction of sp³-hybridized carbons (Fsp3) is 0.550. The molecule has 1 unspecified atom stereocenters. The molecule has 2 aromatic heterocycles. The SMILES string of the molecule is Cn1cc(C(=O)NC2CCN(C(=O)C3CCCN(c4ncccn4)C3)CC2)cn1. The molecular weight excluding hydrogens is 370 g/mol. The van der Waals surface area contributed by atoms with Crippen molar-refractivity contribution in [2.45, 2.75) is 31.7 Å². The second kappa shape index (κ2) is 8.59. The molecule has 2 amide bonds. The van der Waals surface area contributed by atoms with Gasteiger partial charge in [-0.3, -0.25) is 14.3 Å². The number of hydrogen-bond acceptors (Lipinski definition) is 6. The lowest BCUT2D eigenvalue weighted by Gasteiger charge is -2.38. The molecule has 2 saturated heterocycles. The van der Waals surface area contributed by atoms with Crippen LogP contribution in [0.15, 0.2) is 30.9 Å². The monoisotopic (exact) mass is 397 g/mol. The molecule has 0 bridgehead atoms. The number of carbonyl (C=O) groups is 2. The van der Waals surface area contributed by atoms with Crippen molar-refractivity contribution < 1.29 is 9.59 Å². The summed E-state index contributed by atoms with van der Waals surface area (Å²) in [6.45, 7) is 2.90. The van der Waals surface area contributed by atoms with Gasteiger partial charge < -0.3 is 15.1 Å². The van der Waals surface area contributed by atoms with Crippen LogP contribution in [0.25, 0.3) is 0 Å². The van der Waals surface area contributed by atoms with Crippen molar-refractivity contribution in [1.29, 1.82) is 0 Å². The van der Waals surface area contributed by atoms with E-state index in [-0.39, 0.29) is 23.8 Å². The first-order valence-corrected chi connectivity index (χ1v) is 10.2. The minimum Gasteiger partial charge on any atom is -0.349 e. The molecule has 0 aromatic carbocycles. The van der Waals surface area contributed by atoms with Crippen LogP contribution in [-0.4, -0.2) is 68.7 Å². The Kier molecular flexibility index (Phi) is 5.73. The Labute approximate surface area is 170 Å². The maximum absolute atomic E-state index is 13.0. The van der Waals surface area contributed by atoms with Gasteiger partial charge in [-0.25, -0.2) is 9.97 Å². The second-order valence-electron chi connectivity index (χ2n) is 7.81. The molecular formula is C20H27N7O2. The minimum atomic E-state index is -0.103. The molecule has 4 rings (SSSR count). The Morgan fingerprint density at radius 2 is 1.86 bits per heavy atom. The van der Waals surface area contributed by atoms with Gasteiger partial charge in [0.2, 0.25) is 11.9 Å². The number of nitrogens with zero attached hydrogens (tertiary/aromatic N) is 6. The van der Waals surface area contributed by atoms with E-state index in [1.54, 1.807) is 42.6 Å². The van der Waals surface area contributed by atoms with Gasteiger partial charge in [0, 0.05) is 57.9 Å². The van der Waals surface area contributed by atoms with Crippen molar-refractivity contribution in [3.05, 3.63) is 36.4 Å². The number of aryl methyl sites for hydroxylation is 1. The molecule has 0 aliphatic carbocycles. The summed E-state index contributed by atoms with van der Waals surface area (Å²) < 4.78 is 1.62. The van der Waals surface area contributed by atoms with Gasteiger partial charge in [-0.2, -0.15) is 5.10 Å². The van der Waals surface area contributed by atoms with Crippen LogP contribution in [0.2, 0.25) is 0 Å². The van der Waals surface area contributed by atoms with Gasteiger partial charge in [0.15, 0.2) is 0 Å². The fourth-order valence-electron chi connectivity index (χ4n) is 4.12. The van der Waals surface area contributed by atoms with E-state index in [9.17, 15) is 9.59 Å². The van der Waals surface area contributed by atoms with Gasteiger partial charge in [0.1, 0.15) is 0 Å². The summed E-state index contributed by atoms with van der Waals surface area (Å²) >= 11 is 0. The number of hydrogen-bond donors (Lipinski definition) is 1. The van der Waals surface area contributed by atoms with E-state index < -0.39 is 0 Å². The van der Waals surface area contributed by atoms with E-state index in [2.05, 4.69) is 25.3 Å². The van der Waals surface area contributed by atoms with Crippen LogP contribution in [0.1, 0.15) is 36.0 Å². The quantitative estimate of drug-likeness (QED) is 0.822. The van der Waals surface area contributed by atoms with Crippen LogP contribution in [0.4, 0.5) is 5.95 Å². The lowest BCUT2D eigenvalue weighted by atomic mass is 9.95. The van der Waals surface area contributed by atoms with Crippen LogP contribution in [0.3, 0.4) is 0 Å². The first kappa shape index (κ1) is 19.4. The third kappa shape index (κ3) is 4.55. The minimum absolute atomic E-state index is 0.0194. The molecule has 0 radical (unpaired) electrons. The predicted octanol–water partition coefficient (Wildman–Crippen LogP) is 0.847. The number of piperidine rings is 2. The summed E-state index contributed by atoms with van der Waals surface area (Å²) in [5.74, 6) is 0.784. The van der Waals surface area contributed by atoms with Gasteiger partial charge >= 0.3 is 0 Å². The topological polar surface area (TPSA) is 96.2 Å². The number of anilines is 1. The Morgan fingerprint density at radius 3 is 2.55 bits per heavy atom. The molecule has 29 heavy (non-hydrogen) atoms. The predicted molar refractivity (Wildman–Crippen MR) is 107 cm³/mol. The highest BCUT2D eigenvalue weighted by atomic mass is 16.2. The summed E-state index contributed by atoms with van der Waals surface area (Å²) in [6.07, 6.45) is 10.2. The summed E-state index contributed by atoms with van der Waals surface area (Å²) in [5, 5.41) is 7.10. The Balaban J connectivity index is 1.28. The Bertz CT molecular complexity index is 846. The highest BCUT2D eigenvalue weighted by Crippen LogP contribution is 2.23. The van der Waals surface area contributed by atoms with Crippen molar-refractivity contribution in [3.8, 4) is 0 Å². The molecule has 4 heterocycles. The maximum atomic E-state index is 13.0. The smallest absolute Gasteiger partial charge is 0.254 e. The van der Waals surface area contributed by atoms with Gasteiger partial charge in [-0.15, -0.1) is 0 Å². The lowest BCUT2D eigenvalue weighted by Crippen LogP contribution is -2.50. The van der Waals surface area contributed by atoms with Crippen LogP contribution in [0, 0.1) is 5.92 Å². The van der Waals surface area contributed by atoms with Crippen molar-refractivity contribution in [1.82, 2.24) is 30.0 Å². The van der Waals surface area contributed by atoms with Crippen LogP contribution in [0.5, 0.6) is 0 Å². The number of rotatable bonds is 4. The zero-order chi connectivity index (χ0) is 20.2. The van der Waals surface area contributed by atoms with Crippen molar-refractivity contribution in [3.63, 3.8) is 0 Å². The summed E-state index contributed by atoms with van der Waals surface area (Å²) in [4.78, 5) is 38.0. The molecule has 0 saturated carbocycles. The maximum Gasteiger partial charge on any atom is 0.254 e. The second-order valence-corrected chi connectivity index (χ2v) is 7.81. The van der Waals surface area contributed by atoms with E-state index in [1.165, 1.54) is 0 Å². The molecule has 1 atom stereocenters. The number of likely N-dealkylation sites (tertiary alicyclic amines) is 1. The highest BCUT2D eigenvalue weighted by Gasteiger charge is 2.32. The largest absolute Gasteiger partial charge is 0.349 e. The summed E-state index contributed by atoms with van der Waals surface area (Å²) in [7, 11) is 1.79. The van der Waals surface area contributed by atoms with Gasteiger partial charge in [-0.05, 0) is 31.7 Å². The summed E-state index contributed by atoms with van der Waals surface area (Å²) in [6, 6.07) is 1.89. The van der Waals surface area contributed by atoms with E-state index in [0.717, 1.165) is 32.2 Å². The first-order valence-electron chi connectivity index (χ1n) is 10.2. The van der Waals surface area contributed by atoms with E-state index in [1.807, 2.05) is 4.90 Å². The molecule has 9 nitrogen and oxygen atoms in total. The summed E-state index contributed by atoms with van der Waals surface area (Å²) in [5.41, 5.74) is 0.566. The molecule has 2 aliphatic heterocycles. The number of amides is 2. The standard InChI is InChI=1S/C20H27N7O2/c1-25-13-16(12-23-25)18(28)24-17-5-10-26(11-6-17)19(29)15-4-2-9-27(14-15)20-21-7-3-8-22-20/h3,7-8,12-13,15,17H,2,4-6,9-11,14H2,1H3,(H,24,28). The van der Waals surface area contributed by atoms with Crippen molar-refractivity contribution in [2.75, 3.05) is 31.1 Å². The Morgan fingerprint density at radius 1 is 1.10 bits per heavy atom.